The van der Waals surface area contributed by atoms with Crippen LogP contribution < -0.4 is 15.4 Å². The molecule has 2 aromatic rings. The number of hydrogen-bond acceptors (Lipinski definition) is 3. The van der Waals surface area contributed by atoms with Crippen molar-refractivity contribution >= 4 is 17.3 Å². The monoisotopic (exact) mass is 284 g/mol. The lowest BCUT2D eigenvalue weighted by Crippen LogP contribution is -2.13. The maximum Gasteiger partial charge on any atom is 0.255 e. The SMILES string of the molecule is CCNc1ccc(C(=O)Nc2ccccc2OC)cc1C. The van der Waals surface area contributed by atoms with Crippen molar-refractivity contribution < 1.29 is 9.53 Å². The molecule has 2 aromatic carbocycles. The van der Waals surface area contributed by atoms with Crippen LogP contribution in [0.3, 0.4) is 0 Å². The molecule has 2 rings (SSSR count). The topological polar surface area (TPSA) is 50.4 Å². The van der Waals surface area contributed by atoms with Crippen LogP contribution in [0.5, 0.6) is 5.75 Å². The minimum Gasteiger partial charge on any atom is -0.495 e. The van der Waals surface area contributed by atoms with Gasteiger partial charge in [-0.3, -0.25) is 4.79 Å². The van der Waals surface area contributed by atoms with Gasteiger partial charge in [-0.05, 0) is 49.7 Å². The number of benzene rings is 2. The van der Waals surface area contributed by atoms with Gasteiger partial charge in [0.1, 0.15) is 5.75 Å². The third-order valence-corrected chi connectivity index (χ3v) is 3.21. The maximum atomic E-state index is 12.3. The summed E-state index contributed by atoms with van der Waals surface area (Å²) in [6, 6.07) is 13.0. The van der Waals surface area contributed by atoms with Gasteiger partial charge in [-0.25, -0.2) is 0 Å². The molecule has 0 aliphatic carbocycles. The minimum absolute atomic E-state index is 0.148. The highest BCUT2D eigenvalue weighted by Gasteiger charge is 2.10. The number of hydrogen-bond donors (Lipinski definition) is 2. The first-order valence-corrected chi connectivity index (χ1v) is 6.94. The maximum absolute atomic E-state index is 12.3. The Balaban J connectivity index is 2.19. The third kappa shape index (κ3) is 3.54. The lowest BCUT2D eigenvalue weighted by atomic mass is 10.1. The van der Waals surface area contributed by atoms with Crippen LogP contribution in [0.15, 0.2) is 42.5 Å². The van der Waals surface area contributed by atoms with Crippen molar-refractivity contribution in [3.05, 3.63) is 53.6 Å². The molecule has 0 unspecified atom stereocenters. The molecule has 1 amide bonds. The Labute approximate surface area is 125 Å². The van der Waals surface area contributed by atoms with E-state index in [1.807, 2.05) is 56.3 Å². The predicted octanol–water partition coefficient (Wildman–Crippen LogP) is 3.69. The van der Waals surface area contributed by atoms with Crippen molar-refractivity contribution in [3.8, 4) is 5.75 Å². The Morgan fingerprint density at radius 3 is 2.57 bits per heavy atom. The van der Waals surface area contributed by atoms with Crippen LogP contribution in [-0.4, -0.2) is 19.6 Å². The molecule has 110 valence electrons. The molecule has 21 heavy (non-hydrogen) atoms. The predicted molar refractivity (Wildman–Crippen MR) is 86.3 cm³/mol. The van der Waals surface area contributed by atoms with Gasteiger partial charge in [-0.15, -0.1) is 0 Å². The summed E-state index contributed by atoms with van der Waals surface area (Å²) in [6.07, 6.45) is 0. The van der Waals surface area contributed by atoms with E-state index >= 15 is 0 Å². The zero-order valence-corrected chi connectivity index (χ0v) is 12.6. The fourth-order valence-electron chi connectivity index (χ4n) is 2.14. The first-order chi connectivity index (χ1) is 10.2. The zero-order chi connectivity index (χ0) is 15.2. The molecule has 0 bridgehead atoms. The molecule has 2 N–H and O–H groups in total. The fourth-order valence-corrected chi connectivity index (χ4v) is 2.14. The normalized spacial score (nSPS) is 10.0. The van der Waals surface area contributed by atoms with Crippen LogP contribution in [-0.2, 0) is 0 Å². The number of carbonyl (C=O) groups excluding carboxylic acids is 1. The molecule has 4 nitrogen and oxygen atoms in total. The summed E-state index contributed by atoms with van der Waals surface area (Å²) in [6.45, 7) is 4.88. The largest absolute Gasteiger partial charge is 0.495 e. The van der Waals surface area contributed by atoms with Crippen molar-refractivity contribution in [2.45, 2.75) is 13.8 Å². The van der Waals surface area contributed by atoms with Gasteiger partial charge < -0.3 is 15.4 Å². The Bertz CT molecular complexity index is 638. The van der Waals surface area contributed by atoms with E-state index in [1.165, 1.54) is 0 Å². The number of aryl methyl sites for hydroxylation is 1. The number of ether oxygens (including phenoxy) is 1. The third-order valence-electron chi connectivity index (χ3n) is 3.21. The molecular formula is C17H20N2O2. The number of rotatable bonds is 5. The average Bonchev–Trinajstić information content (AvgIpc) is 2.50. The van der Waals surface area contributed by atoms with Gasteiger partial charge in [0.25, 0.3) is 5.91 Å². The van der Waals surface area contributed by atoms with E-state index in [2.05, 4.69) is 10.6 Å². The lowest BCUT2D eigenvalue weighted by molar-refractivity contribution is 0.102. The van der Waals surface area contributed by atoms with E-state index in [0.717, 1.165) is 17.8 Å². The summed E-state index contributed by atoms with van der Waals surface area (Å²) >= 11 is 0. The second-order valence-electron chi connectivity index (χ2n) is 4.71. The highest BCUT2D eigenvalue weighted by Crippen LogP contribution is 2.24. The van der Waals surface area contributed by atoms with Crippen molar-refractivity contribution in [1.82, 2.24) is 0 Å². The summed E-state index contributed by atoms with van der Waals surface area (Å²) in [7, 11) is 1.58. The smallest absolute Gasteiger partial charge is 0.255 e. The quantitative estimate of drug-likeness (QED) is 0.880. The van der Waals surface area contributed by atoms with Gasteiger partial charge in [0.05, 0.1) is 12.8 Å². The molecule has 0 saturated carbocycles. The Kier molecular flexibility index (Phi) is 4.82. The number of methoxy groups -OCH3 is 1. The molecule has 0 atom stereocenters. The van der Waals surface area contributed by atoms with Crippen LogP contribution in [0.25, 0.3) is 0 Å². The molecule has 0 saturated heterocycles. The summed E-state index contributed by atoms with van der Waals surface area (Å²) < 4.78 is 5.23. The van der Waals surface area contributed by atoms with Crippen molar-refractivity contribution in [2.75, 3.05) is 24.3 Å². The molecule has 0 heterocycles. The van der Waals surface area contributed by atoms with Gasteiger partial charge in [0.15, 0.2) is 0 Å². The summed E-state index contributed by atoms with van der Waals surface area (Å²) in [4.78, 5) is 12.3. The van der Waals surface area contributed by atoms with Gasteiger partial charge in [0.2, 0.25) is 0 Å². The van der Waals surface area contributed by atoms with Crippen molar-refractivity contribution in [1.29, 1.82) is 0 Å². The zero-order valence-electron chi connectivity index (χ0n) is 12.6. The van der Waals surface area contributed by atoms with Crippen LogP contribution >= 0.6 is 0 Å². The van der Waals surface area contributed by atoms with Gasteiger partial charge >= 0.3 is 0 Å². The van der Waals surface area contributed by atoms with E-state index in [1.54, 1.807) is 7.11 Å². The fraction of sp³-hybridized carbons (Fsp3) is 0.235. The summed E-state index contributed by atoms with van der Waals surface area (Å²) in [5, 5.41) is 6.13. The van der Waals surface area contributed by atoms with E-state index in [4.69, 9.17) is 4.74 Å². The summed E-state index contributed by atoms with van der Waals surface area (Å²) in [5.41, 5.74) is 3.38. The standard InChI is InChI=1S/C17H20N2O2/c1-4-18-14-10-9-13(11-12(14)2)17(20)19-15-7-5-6-8-16(15)21-3/h5-11,18H,4H2,1-3H3,(H,19,20). The number of nitrogens with one attached hydrogen (secondary N) is 2. The van der Waals surface area contributed by atoms with Crippen LogP contribution in [0.2, 0.25) is 0 Å². The number of para-hydroxylation sites is 2. The molecule has 0 fully saturated rings. The van der Waals surface area contributed by atoms with Gasteiger partial charge in [0, 0.05) is 17.8 Å². The van der Waals surface area contributed by atoms with E-state index in [0.29, 0.717) is 17.0 Å². The second-order valence-corrected chi connectivity index (χ2v) is 4.71. The molecule has 0 radical (unpaired) electrons. The highest BCUT2D eigenvalue weighted by molar-refractivity contribution is 6.05. The average molecular weight is 284 g/mol. The highest BCUT2D eigenvalue weighted by atomic mass is 16.5. The van der Waals surface area contributed by atoms with Crippen molar-refractivity contribution in [3.63, 3.8) is 0 Å². The molecule has 0 aliphatic heterocycles. The first kappa shape index (κ1) is 14.9. The molecule has 0 aromatic heterocycles. The Morgan fingerprint density at radius 2 is 1.90 bits per heavy atom. The first-order valence-electron chi connectivity index (χ1n) is 6.94. The minimum atomic E-state index is -0.148. The molecule has 0 aliphatic rings. The Hall–Kier alpha value is -2.49. The van der Waals surface area contributed by atoms with Crippen LogP contribution in [0.1, 0.15) is 22.8 Å². The van der Waals surface area contributed by atoms with Gasteiger partial charge in [-0.1, -0.05) is 12.1 Å². The molecule has 0 spiro atoms. The van der Waals surface area contributed by atoms with Crippen LogP contribution in [0, 0.1) is 6.92 Å². The number of amides is 1. The lowest BCUT2D eigenvalue weighted by Gasteiger charge is -2.12. The number of anilines is 2. The number of carbonyl (C=O) groups is 1. The van der Waals surface area contributed by atoms with E-state index < -0.39 is 0 Å². The second kappa shape index (κ2) is 6.79. The molecule has 4 heteroatoms. The van der Waals surface area contributed by atoms with Crippen molar-refractivity contribution in [2.24, 2.45) is 0 Å². The summed E-state index contributed by atoms with van der Waals surface area (Å²) in [5.74, 6) is 0.498. The van der Waals surface area contributed by atoms with E-state index in [9.17, 15) is 4.79 Å². The van der Waals surface area contributed by atoms with Gasteiger partial charge in [-0.2, -0.15) is 0 Å². The van der Waals surface area contributed by atoms with E-state index in [-0.39, 0.29) is 5.91 Å². The van der Waals surface area contributed by atoms with Crippen LogP contribution in [0.4, 0.5) is 11.4 Å². The Morgan fingerprint density at radius 1 is 1.14 bits per heavy atom. The molecular weight excluding hydrogens is 264 g/mol.